The second kappa shape index (κ2) is 4.84. The van der Waals surface area contributed by atoms with Crippen molar-refractivity contribution in [3.8, 4) is 0 Å². The first-order valence-electron chi connectivity index (χ1n) is 6.06. The van der Waals surface area contributed by atoms with E-state index in [4.69, 9.17) is 0 Å². The van der Waals surface area contributed by atoms with Gasteiger partial charge in [0.1, 0.15) is 0 Å². The maximum Gasteiger partial charge on any atom is 0.217 e. The van der Waals surface area contributed by atoms with Crippen LogP contribution in [0.25, 0.3) is 23.2 Å². The predicted octanol–water partition coefficient (Wildman–Crippen LogP) is 3.76. The van der Waals surface area contributed by atoms with Crippen molar-refractivity contribution in [3.63, 3.8) is 0 Å². The number of aromatic nitrogens is 1. The summed E-state index contributed by atoms with van der Waals surface area (Å²) in [5, 5.41) is 1.25. The number of hydrogen-bond donors (Lipinski definition) is 0. The molecule has 0 N–H and O–H groups in total. The molecule has 18 heavy (non-hydrogen) atoms. The second-order valence-electron chi connectivity index (χ2n) is 4.20. The molecule has 0 amide bonds. The first-order chi connectivity index (χ1) is 8.93. The van der Waals surface area contributed by atoms with Crippen LogP contribution in [0.4, 0.5) is 0 Å². The van der Waals surface area contributed by atoms with Crippen LogP contribution in [0.2, 0.25) is 0 Å². The van der Waals surface area contributed by atoms with Crippen molar-refractivity contribution < 1.29 is 4.57 Å². The molecule has 0 aliphatic rings. The predicted molar refractivity (Wildman–Crippen MR) is 75.8 cm³/mol. The summed E-state index contributed by atoms with van der Waals surface area (Å²) >= 11 is 0. The highest BCUT2D eigenvalue weighted by molar-refractivity contribution is 5.76. The zero-order chi connectivity index (χ0) is 12.2. The highest BCUT2D eigenvalue weighted by atomic mass is 14.9. The Balaban J connectivity index is 2.03. The summed E-state index contributed by atoms with van der Waals surface area (Å²) < 4.78 is 2.14. The van der Waals surface area contributed by atoms with E-state index < -0.39 is 0 Å². The van der Waals surface area contributed by atoms with Crippen molar-refractivity contribution in [3.05, 3.63) is 78.5 Å². The monoisotopic (exact) mass is 232 g/mol. The average Bonchev–Trinajstić information content (AvgIpc) is 2.46. The number of pyridine rings is 1. The van der Waals surface area contributed by atoms with Crippen molar-refractivity contribution in [1.29, 1.82) is 0 Å². The lowest BCUT2D eigenvalue weighted by Gasteiger charge is -1.95. The largest absolute Gasteiger partial charge is 0.217 e. The van der Waals surface area contributed by atoms with E-state index in [1.165, 1.54) is 16.5 Å². The molecule has 3 aromatic rings. The summed E-state index contributed by atoms with van der Waals surface area (Å²) in [6.45, 7) is 0. The van der Waals surface area contributed by atoms with E-state index in [1.807, 2.05) is 18.2 Å². The van der Waals surface area contributed by atoms with E-state index in [0.29, 0.717) is 0 Å². The molecule has 2 aromatic carbocycles. The zero-order valence-corrected chi connectivity index (χ0v) is 10.0. The molecule has 0 bridgehead atoms. The second-order valence-corrected chi connectivity index (χ2v) is 4.20. The van der Waals surface area contributed by atoms with E-state index >= 15 is 0 Å². The highest BCUT2D eigenvalue weighted by Gasteiger charge is 2.03. The normalized spacial score (nSPS) is 11.1. The van der Waals surface area contributed by atoms with Gasteiger partial charge >= 0.3 is 0 Å². The summed E-state index contributed by atoms with van der Waals surface area (Å²) in [4.78, 5) is 0. The number of fused-ring (bicyclic) bond motifs is 1. The van der Waals surface area contributed by atoms with Crippen LogP contribution < -0.4 is 4.57 Å². The van der Waals surface area contributed by atoms with Crippen LogP contribution in [0.5, 0.6) is 0 Å². The Hall–Kier alpha value is -2.41. The highest BCUT2D eigenvalue weighted by Crippen LogP contribution is 2.08. The summed E-state index contributed by atoms with van der Waals surface area (Å²) in [5.41, 5.74) is 2.42. The van der Waals surface area contributed by atoms with Crippen LogP contribution in [0, 0.1) is 0 Å². The van der Waals surface area contributed by atoms with Gasteiger partial charge in [0.15, 0.2) is 12.4 Å². The van der Waals surface area contributed by atoms with Gasteiger partial charge in [0, 0.05) is 23.6 Å². The van der Waals surface area contributed by atoms with E-state index in [2.05, 4.69) is 71.6 Å². The molecular weight excluding hydrogens is 218 g/mol. The summed E-state index contributed by atoms with van der Waals surface area (Å²) in [7, 11) is 0. The van der Waals surface area contributed by atoms with Crippen LogP contribution in [0.3, 0.4) is 0 Å². The van der Waals surface area contributed by atoms with E-state index in [9.17, 15) is 0 Å². The smallest absolute Gasteiger partial charge is 0.167 e. The minimum atomic E-state index is 1.21. The third-order valence-electron chi connectivity index (χ3n) is 2.96. The Morgan fingerprint density at radius 2 is 1.44 bits per heavy atom. The molecule has 1 aromatic heterocycles. The van der Waals surface area contributed by atoms with Gasteiger partial charge in [0.25, 0.3) is 0 Å². The Kier molecular flexibility index (Phi) is 2.89. The Bertz CT molecular complexity index is 679. The molecule has 0 spiro atoms. The fraction of sp³-hybridized carbons (Fsp3) is 0. The summed E-state index contributed by atoms with van der Waals surface area (Å²) in [5.74, 6) is 0. The quantitative estimate of drug-likeness (QED) is 0.592. The Morgan fingerprint density at radius 3 is 2.33 bits per heavy atom. The topological polar surface area (TPSA) is 3.88 Å². The maximum atomic E-state index is 2.14. The lowest BCUT2D eigenvalue weighted by molar-refractivity contribution is -0.538. The molecule has 0 saturated carbocycles. The molecular formula is C17H14N+. The van der Waals surface area contributed by atoms with Gasteiger partial charge in [-0.25, -0.2) is 0 Å². The molecule has 0 aliphatic carbocycles. The van der Waals surface area contributed by atoms with Gasteiger partial charge in [0.05, 0.1) is 0 Å². The van der Waals surface area contributed by atoms with Crippen LogP contribution in [0.15, 0.2) is 72.9 Å². The van der Waals surface area contributed by atoms with Crippen LogP contribution in [-0.2, 0) is 0 Å². The minimum Gasteiger partial charge on any atom is -0.167 e. The van der Waals surface area contributed by atoms with Crippen LogP contribution in [-0.4, -0.2) is 0 Å². The van der Waals surface area contributed by atoms with Gasteiger partial charge in [-0.05, 0) is 17.7 Å². The lowest BCUT2D eigenvalue weighted by atomic mass is 10.2. The molecule has 0 radical (unpaired) electrons. The molecule has 0 unspecified atom stereocenters. The average molecular weight is 232 g/mol. The molecule has 0 saturated heterocycles. The summed E-state index contributed by atoms with van der Waals surface area (Å²) in [6, 6.07) is 22.9. The molecule has 1 heteroatoms. The fourth-order valence-corrected chi connectivity index (χ4v) is 2.04. The molecule has 0 atom stereocenters. The lowest BCUT2D eigenvalue weighted by Crippen LogP contribution is -2.25. The Labute approximate surface area is 107 Å². The third kappa shape index (κ3) is 2.16. The first kappa shape index (κ1) is 10.7. The van der Waals surface area contributed by atoms with Gasteiger partial charge in [-0.3, -0.25) is 0 Å². The number of nitrogens with zero attached hydrogens (tertiary/aromatic N) is 1. The summed E-state index contributed by atoms with van der Waals surface area (Å²) in [6.07, 6.45) is 6.28. The van der Waals surface area contributed by atoms with Crippen molar-refractivity contribution in [2.45, 2.75) is 0 Å². The molecule has 0 aliphatic heterocycles. The molecule has 1 nitrogen and oxygen atoms in total. The molecule has 86 valence electrons. The van der Waals surface area contributed by atoms with Crippen molar-refractivity contribution in [1.82, 2.24) is 0 Å². The SMILES string of the molecule is C(=C\[n+]1cccc2ccccc21)/c1ccccc1. The zero-order valence-electron chi connectivity index (χ0n) is 10.0. The minimum absolute atomic E-state index is 1.21. The first-order valence-corrected chi connectivity index (χ1v) is 6.06. The third-order valence-corrected chi connectivity index (χ3v) is 2.96. The van der Waals surface area contributed by atoms with Crippen molar-refractivity contribution in [2.24, 2.45) is 0 Å². The van der Waals surface area contributed by atoms with Crippen LogP contribution >= 0.6 is 0 Å². The van der Waals surface area contributed by atoms with Gasteiger partial charge in [-0.15, -0.1) is 0 Å². The standard InChI is InChI=1S/C17H14N/c1-2-7-15(8-3-1)12-14-18-13-6-10-16-9-4-5-11-17(16)18/h1-14H/q+1/b14-12+. The molecule has 0 fully saturated rings. The van der Waals surface area contributed by atoms with E-state index in [1.54, 1.807) is 0 Å². The fourth-order valence-electron chi connectivity index (χ4n) is 2.04. The van der Waals surface area contributed by atoms with Crippen molar-refractivity contribution >= 4 is 23.2 Å². The Morgan fingerprint density at radius 1 is 0.722 bits per heavy atom. The number of benzene rings is 2. The van der Waals surface area contributed by atoms with Gasteiger partial charge in [0.2, 0.25) is 5.52 Å². The molecule has 1 heterocycles. The number of rotatable bonds is 2. The maximum absolute atomic E-state index is 2.14. The van der Waals surface area contributed by atoms with Gasteiger partial charge < -0.3 is 0 Å². The van der Waals surface area contributed by atoms with Gasteiger partial charge in [-0.2, -0.15) is 4.57 Å². The molecule has 3 rings (SSSR count). The number of hydrogen-bond acceptors (Lipinski definition) is 0. The van der Waals surface area contributed by atoms with Crippen LogP contribution in [0.1, 0.15) is 5.56 Å². The number of para-hydroxylation sites is 1. The van der Waals surface area contributed by atoms with Gasteiger partial charge in [-0.1, -0.05) is 42.5 Å². The van der Waals surface area contributed by atoms with Crippen molar-refractivity contribution in [2.75, 3.05) is 0 Å². The van der Waals surface area contributed by atoms with E-state index in [0.717, 1.165) is 0 Å². The van der Waals surface area contributed by atoms with E-state index in [-0.39, 0.29) is 0 Å².